The molecule has 3 saturated heterocycles. The summed E-state index contributed by atoms with van der Waals surface area (Å²) in [5.41, 5.74) is -0.483. The molecule has 7 nitrogen and oxygen atoms in total. The SMILES string of the molecule is C1CC(N2CCOCC2)CN1.CC(C)(C)OC(=O)N1CCC(=O)C1. The lowest BCUT2D eigenvalue weighted by Gasteiger charge is -2.31. The van der Waals surface area contributed by atoms with E-state index in [1.165, 1.54) is 24.4 Å². The van der Waals surface area contributed by atoms with Crippen molar-refractivity contribution in [3.05, 3.63) is 0 Å². The van der Waals surface area contributed by atoms with Crippen LogP contribution in [-0.4, -0.2) is 85.8 Å². The Kier molecular flexibility index (Phi) is 7.01. The summed E-state index contributed by atoms with van der Waals surface area (Å²) >= 11 is 0. The van der Waals surface area contributed by atoms with E-state index in [1.54, 1.807) is 0 Å². The molecule has 24 heavy (non-hydrogen) atoms. The molecule has 138 valence electrons. The molecule has 0 aromatic carbocycles. The third kappa shape index (κ3) is 6.37. The maximum atomic E-state index is 11.4. The number of carbonyl (C=O) groups is 2. The van der Waals surface area contributed by atoms with E-state index < -0.39 is 11.7 Å². The van der Waals surface area contributed by atoms with Crippen molar-refractivity contribution in [2.24, 2.45) is 0 Å². The fourth-order valence-electron chi connectivity index (χ4n) is 3.01. The third-order valence-corrected chi connectivity index (χ3v) is 4.28. The number of carbonyl (C=O) groups excluding carboxylic acids is 2. The minimum atomic E-state index is -0.483. The molecule has 3 rings (SSSR count). The summed E-state index contributed by atoms with van der Waals surface area (Å²) in [6, 6.07) is 0.791. The van der Waals surface area contributed by atoms with Crippen LogP contribution in [0.4, 0.5) is 4.79 Å². The molecule has 1 N–H and O–H groups in total. The van der Waals surface area contributed by atoms with Crippen LogP contribution in [0.3, 0.4) is 0 Å². The van der Waals surface area contributed by atoms with Crippen LogP contribution >= 0.6 is 0 Å². The number of Topliss-reactive ketones (excluding diaryl/α,β-unsaturated/α-hetero) is 1. The van der Waals surface area contributed by atoms with Crippen molar-refractivity contribution in [1.29, 1.82) is 0 Å². The number of hydrogen-bond acceptors (Lipinski definition) is 6. The normalized spacial score (nSPS) is 25.4. The van der Waals surface area contributed by atoms with E-state index in [0.29, 0.717) is 13.0 Å². The van der Waals surface area contributed by atoms with Crippen molar-refractivity contribution in [3.63, 3.8) is 0 Å². The van der Waals surface area contributed by atoms with Crippen LogP contribution in [0.25, 0.3) is 0 Å². The maximum absolute atomic E-state index is 11.4. The highest BCUT2D eigenvalue weighted by Crippen LogP contribution is 2.13. The summed E-state index contributed by atoms with van der Waals surface area (Å²) in [6.07, 6.45) is 1.39. The Hall–Kier alpha value is -1.18. The smallest absolute Gasteiger partial charge is 0.410 e. The van der Waals surface area contributed by atoms with Gasteiger partial charge in [0.2, 0.25) is 0 Å². The zero-order valence-corrected chi connectivity index (χ0v) is 15.2. The highest BCUT2D eigenvalue weighted by atomic mass is 16.6. The van der Waals surface area contributed by atoms with Gasteiger partial charge in [0.05, 0.1) is 19.8 Å². The van der Waals surface area contributed by atoms with Gasteiger partial charge < -0.3 is 19.7 Å². The van der Waals surface area contributed by atoms with E-state index in [0.717, 1.165) is 32.3 Å². The van der Waals surface area contributed by atoms with E-state index in [4.69, 9.17) is 9.47 Å². The van der Waals surface area contributed by atoms with Gasteiger partial charge in [0.1, 0.15) is 5.60 Å². The van der Waals surface area contributed by atoms with Crippen molar-refractivity contribution < 1.29 is 19.1 Å². The topological polar surface area (TPSA) is 71.1 Å². The molecular weight excluding hydrogens is 310 g/mol. The van der Waals surface area contributed by atoms with Crippen molar-refractivity contribution >= 4 is 11.9 Å². The van der Waals surface area contributed by atoms with E-state index in [1.807, 2.05) is 20.8 Å². The number of hydrogen-bond donors (Lipinski definition) is 1. The zero-order valence-electron chi connectivity index (χ0n) is 15.2. The molecule has 0 saturated carbocycles. The molecule has 0 aliphatic carbocycles. The van der Waals surface area contributed by atoms with E-state index in [9.17, 15) is 9.59 Å². The number of amides is 1. The second-order valence-corrected chi connectivity index (χ2v) is 7.49. The number of likely N-dealkylation sites (tertiary alicyclic amines) is 1. The summed E-state index contributed by atoms with van der Waals surface area (Å²) in [5.74, 6) is 0.103. The monoisotopic (exact) mass is 341 g/mol. The van der Waals surface area contributed by atoms with Gasteiger partial charge >= 0.3 is 6.09 Å². The van der Waals surface area contributed by atoms with E-state index >= 15 is 0 Å². The fraction of sp³-hybridized carbons (Fsp3) is 0.882. The zero-order chi connectivity index (χ0) is 17.6. The molecule has 0 aromatic heterocycles. The maximum Gasteiger partial charge on any atom is 0.410 e. The molecule has 3 aliphatic rings. The molecule has 0 bridgehead atoms. The lowest BCUT2D eigenvalue weighted by atomic mass is 10.2. The quantitative estimate of drug-likeness (QED) is 0.763. The molecule has 0 spiro atoms. The van der Waals surface area contributed by atoms with Gasteiger partial charge in [-0.3, -0.25) is 9.69 Å². The number of morpholine rings is 1. The van der Waals surface area contributed by atoms with Crippen LogP contribution in [0.2, 0.25) is 0 Å². The van der Waals surface area contributed by atoms with Gasteiger partial charge in [0, 0.05) is 38.6 Å². The first kappa shape index (κ1) is 19.1. The first-order valence-corrected chi connectivity index (χ1v) is 8.87. The fourth-order valence-corrected chi connectivity index (χ4v) is 3.01. The Morgan fingerprint density at radius 3 is 2.46 bits per heavy atom. The van der Waals surface area contributed by atoms with Gasteiger partial charge in [0.25, 0.3) is 0 Å². The largest absolute Gasteiger partial charge is 0.444 e. The average Bonchev–Trinajstić information content (AvgIpc) is 3.18. The van der Waals surface area contributed by atoms with E-state index in [2.05, 4.69) is 10.2 Å². The minimum Gasteiger partial charge on any atom is -0.444 e. The first-order chi connectivity index (χ1) is 11.3. The highest BCUT2D eigenvalue weighted by molar-refractivity contribution is 5.87. The van der Waals surface area contributed by atoms with Crippen molar-refractivity contribution in [2.75, 3.05) is 52.5 Å². The Balaban J connectivity index is 0.000000175. The van der Waals surface area contributed by atoms with Crippen molar-refractivity contribution in [2.45, 2.75) is 45.3 Å². The Bertz CT molecular complexity index is 424. The predicted octanol–water partition coefficient (Wildman–Crippen LogP) is 0.877. The standard InChI is InChI=1S/C9H15NO3.C8H16N2O/c1-9(2,3)13-8(12)10-5-4-7(11)6-10;1-2-9-7-8(1)10-3-5-11-6-4-10/h4-6H2,1-3H3;8-9H,1-7H2. The Morgan fingerprint density at radius 2 is 1.96 bits per heavy atom. The van der Waals surface area contributed by atoms with Crippen LogP contribution in [0.1, 0.15) is 33.6 Å². The lowest BCUT2D eigenvalue weighted by molar-refractivity contribution is -0.116. The number of ketones is 1. The van der Waals surface area contributed by atoms with Gasteiger partial charge in [-0.1, -0.05) is 0 Å². The van der Waals surface area contributed by atoms with Gasteiger partial charge in [0.15, 0.2) is 5.78 Å². The molecule has 0 aromatic rings. The van der Waals surface area contributed by atoms with Gasteiger partial charge in [-0.25, -0.2) is 4.79 Å². The molecule has 1 amide bonds. The van der Waals surface area contributed by atoms with Crippen molar-refractivity contribution in [3.8, 4) is 0 Å². The molecule has 1 unspecified atom stereocenters. The number of ether oxygens (including phenoxy) is 2. The summed E-state index contributed by atoms with van der Waals surface area (Å²) in [6.45, 7) is 12.6. The first-order valence-electron chi connectivity index (χ1n) is 8.87. The molecule has 3 fully saturated rings. The average molecular weight is 341 g/mol. The molecule has 3 aliphatic heterocycles. The van der Waals surface area contributed by atoms with E-state index in [-0.39, 0.29) is 12.3 Å². The molecule has 1 atom stereocenters. The predicted molar refractivity (Wildman–Crippen MR) is 91.1 cm³/mol. The van der Waals surface area contributed by atoms with Crippen LogP contribution in [-0.2, 0) is 14.3 Å². The summed E-state index contributed by atoms with van der Waals surface area (Å²) in [4.78, 5) is 26.2. The second kappa shape index (κ2) is 8.78. The second-order valence-electron chi connectivity index (χ2n) is 7.49. The summed E-state index contributed by atoms with van der Waals surface area (Å²) < 4.78 is 10.4. The minimum absolute atomic E-state index is 0.103. The summed E-state index contributed by atoms with van der Waals surface area (Å²) in [5, 5.41) is 3.39. The van der Waals surface area contributed by atoms with Gasteiger partial charge in [-0.05, 0) is 33.7 Å². The van der Waals surface area contributed by atoms with Crippen LogP contribution in [0, 0.1) is 0 Å². The molecule has 3 heterocycles. The van der Waals surface area contributed by atoms with Gasteiger partial charge in [-0.15, -0.1) is 0 Å². The highest BCUT2D eigenvalue weighted by Gasteiger charge is 2.28. The van der Waals surface area contributed by atoms with Gasteiger partial charge in [-0.2, -0.15) is 0 Å². The molecule has 7 heteroatoms. The van der Waals surface area contributed by atoms with Crippen LogP contribution in [0.5, 0.6) is 0 Å². The van der Waals surface area contributed by atoms with Crippen LogP contribution < -0.4 is 5.32 Å². The number of nitrogens with one attached hydrogen (secondary N) is 1. The molecule has 0 radical (unpaired) electrons. The Labute approximate surface area is 144 Å². The summed E-state index contributed by atoms with van der Waals surface area (Å²) in [7, 11) is 0. The third-order valence-electron chi connectivity index (χ3n) is 4.28. The number of nitrogens with zero attached hydrogens (tertiary/aromatic N) is 2. The number of rotatable bonds is 1. The van der Waals surface area contributed by atoms with Crippen LogP contribution in [0.15, 0.2) is 0 Å². The lowest BCUT2D eigenvalue weighted by Crippen LogP contribution is -2.44. The Morgan fingerprint density at radius 1 is 1.25 bits per heavy atom. The molecular formula is C17H31N3O4. The van der Waals surface area contributed by atoms with Crippen molar-refractivity contribution in [1.82, 2.24) is 15.1 Å².